The fraction of sp³-hybridized carbons (Fsp3) is 0.565. The quantitative estimate of drug-likeness (QED) is 0.719. The number of rotatable bonds is 1. The van der Waals surface area contributed by atoms with E-state index in [1.165, 1.54) is 67.7 Å². The average Bonchev–Trinajstić information content (AvgIpc) is 2.92. The molecule has 0 aliphatic heterocycles. The fourth-order valence-corrected chi connectivity index (χ4v) is 6.69. The summed E-state index contributed by atoms with van der Waals surface area (Å²) >= 11 is 0. The predicted octanol–water partition coefficient (Wildman–Crippen LogP) is 5.65. The van der Waals surface area contributed by atoms with Gasteiger partial charge in [0, 0.05) is 0 Å². The minimum atomic E-state index is -0.600. The van der Waals surface area contributed by atoms with Crippen LogP contribution in [0.25, 0.3) is 10.8 Å². The monoisotopic (exact) mass is 320 g/mol. The van der Waals surface area contributed by atoms with Crippen molar-refractivity contribution in [3.63, 3.8) is 0 Å². The molecule has 0 spiro atoms. The molecule has 0 radical (unpaired) electrons. The Labute approximate surface area is 145 Å². The van der Waals surface area contributed by atoms with E-state index in [1.807, 2.05) is 0 Å². The summed E-state index contributed by atoms with van der Waals surface area (Å²) in [5.74, 6) is 2.47. The second-order valence-corrected chi connectivity index (χ2v) is 8.46. The molecule has 3 aliphatic carbocycles. The van der Waals surface area contributed by atoms with Crippen LogP contribution in [0.1, 0.15) is 56.9 Å². The molecule has 2 aromatic carbocycles. The largest absolute Gasteiger partial charge is 0.385 e. The van der Waals surface area contributed by atoms with Crippen molar-refractivity contribution in [1.29, 1.82) is 0 Å². The molecule has 2 aromatic rings. The van der Waals surface area contributed by atoms with Crippen LogP contribution in [0, 0.1) is 23.7 Å². The van der Waals surface area contributed by atoms with Gasteiger partial charge in [-0.25, -0.2) is 0 Å². The first-order valence-electron chi connectivity index (χ1n) is 10.0. The van der Waals surface area contributed by atoms with Gasteiger partial charge in [0.1, 0.15) is 0 Å². The molecule has 3 fully saturated rings. The molecule has 1 unspecified atom stereocenters. The average molecular weight is 320 g/mol. The van der Waals surface area contributed by atoms with Gasteiger partial charge in [0.2, 0.25) is 0 Å². The van der Waals surface area contributed by atoms with Crippen LogP contribution in [0.3, 0.4) is 0 Å². The smallest absolute Gasteiger partial charge is 0.0964 e. The van der Waals surface area contributed by atoms with Crippen LogP contribution in [-0.2, 0) is 5.60 Å². The minimum Gasteiger partial charge on any atom is -0.385 e. The third-order valence-corrected chi connectivity index (χ3v) is 7.54. The summed E-state index contributed by atoms with van der Waals surface area (Å²) in [7, 11) is 0. The highest BCUT2D eigenvalue weighted by atomic mass is 16.3. The maximum Gasteiger partial charge on any atom is 0.0964 e. The first-order valence-corrected chi connectivity index (χ1v) is 10.0. The highest BCUT2D eigenvalue weighted by Gasteiger charge is 2.60. The van der Waals surface area contributed by atoms with Crippen LogP contribution in [0.4, 0.5) is 0 Å². The highest BCUT2D eigenvalue weighted by molar-refractivity contribution is 5.86. The second kappa shape index (κ2) is 5.59. The maximum atomic E-state index is 12.3. The van der Waals surface area contributed by atoms with Crippen LogP contribution < -0.4 is 0 Å². The Hall–Kier alpha value is -1.34. The summed E-state index contributed by atoms with van der Waals surface area (Å²) in [6.45, 7) is 0. The summed E-state index contributed by atoms with van der Waals surface area (Å²) < 4.78 is 0. The third-order valence-electron chi connectivity index (χ3n) is 7.54. The van der Waals surface area contributed by atoms with Gasteiger partial charge < -0.3 is 5.11 Å². The first kappa shape index (κ1) is 15.0. The zero-order chi connectivity index (χ0) is 16.1. The van der Waals surface area contributed by atoms with Gasteiger partial charge in [-0.3, -0.25) is 0 Å². The molecule has 3 saturated carbocycles. The van der Waals surface area contributed by atoms with Crippen LogP contribution in [0.2, 0.25) is 0 Å². The van der Waals surface area contributed by atoms with E-state index in [9.17, 15) is 5.11 Å². The zero-order valence-corrected chi connectivity index (χ0v) is 14.5. The normalized spacial score (nSPS) is 38.7. The Balaban J connectivity index is 1.71. The van der Waals surface area contributed by atoms with Gasteiger partial charge in [0.25, 0.3) is 0 Å². The van der Waals surface area contributed by atoms with Crippen molar-refractivity contribution in [2.24, 2.45) is 23.7 Å². The Bertz CT molecular complexity index is 721. The number of aliphatic hydroxyl groups is 1. The van der Waals surface area contributed by atoms with Crippen molar-refractivity contribution >= 4 is 10.8 Å². The molecule has 5 rings (SSSR count). The molecule has 0 amide bonds. The summed E-state index contributed by atoms with van der Waals surface area (Å²) in [5.41, 5.74) is 0.628. The maximum absolute atomic E-state index is 12.3. The number of hydrogen-bond acceptors (Lipinski definition) is 1. The number of fused-ring (bicyclic) bond motifs is 4. The van der Waals surface area contributed by atoms with Gasteiger partial charge in [-0.1, -0.05) is 68.1 Å². The van der Waals surface area contributed by atoms with Crippen molar-refractivity contribution in [2.45, 2.75) is 57.0 Å². The first-order chi connectivity index (χ1) is 11.8. The molecule has 1 N–H and O–H groups in total. The molecule has 3 aliphatic rings. The molecular weight excluding hydrogens is 292 g/mol. The van der Waals surface area contributed by atoms with E-state index in [0.717, 1.165) is 11.8 Å². The molecule has 24 heavy (non-hydrogen) atoms. The molecule has 0 bridgehead atoms. The fourth-order valence-electron chi connectivity index (χ4n) is 6.69. The second-order valence-electron chi connectivity index (χ2n) is 8.46. The molecular formula is C23H28O. The van der Waals surface area contributed by atoms with E-state index in [2.05, 4.69) is 42.5 Å². The molecule has 5 atom stereocenters. The minimum absolute atomic E-state index is 0.477. The van der Waals surface area contributed by atoms with Gasteiger partial charge in [0.05, 0.1) is 5.60 Å². The van der Waals surface area contributed by atoms with E-state index in [0.29, 0.717) is 11.8 Å². The van der Waals surface area contributed by atoms with E-state index in [-0.39, 0.29) is 0 Å². The van der Waals surface area contributed by atoms with Crippen molar-refractivity contribution in [2.75, 3.05) is 0 Å². The standard InChI is InChI=1S/C23H28O/c24-23(20-15-7-9-16-8-1-2-10-17(16)20)21-13-5-3-11-18(21)19-12-4-6-14-22(19)23/h1-2,7-10,15,18-19,21-22,24H,3-6,11-14H2/t18-,19+,21+,22-,23?. The van der Waals surface area contributed by atoms with E-state index < -0.39 is 5.60 Å². The van der Waals surface area contributed by atoms with E-state index in [4.69, 9.17) is 0 Å². The summed E-state index contributed by atoms with van der Waals surface area (Å²) in [6.07, 6.45) is 10.5. The van der Waals surface area contributed by atoms with Crippen LogP contribution >= 0.6 is 0 Å². The van der Waals surface area contributed by atoms with Crippen molar-refractivity contribution in [3.05, 3.63) is 48.0 Å². The third kappa shape index (κ3) is 1.97. The van der Waals surface area contributed by atoms with Crippen LogP contribution in [0.15, 0.2) is 42.5 Å². The van der Waals surface area contributed by atoms with Crippen molar-refractivity contribution in [1.82, 2.24) is 0 Å². The molecule has 1 heteroatoms. The Morgan fingerprint density at radius 1 is 0.708 bits per heavy atom. The van der Waals surface area contributed by atoms with Gasteiger partial charge in [0.15, 0.2) is 0 Å². The predicted molar refractivity (Wildman–Crippen MR) is 98.7 cm³/mol. The molecule has 1 nitrogen and oxygen atoms in total. The van der Waals surface area contributed by atoms with Crippen molar-refractivity contribution < 1.29 is 5.11 Å². The van der Waals surface area contributed by atoms with Crippen molar-refractivity contribution in [3.8, 4) is 0 Å². The molecule has 0 saturated heterocycles. The Morgan fingerprint density at radius 3 is 2.00 bits per heavy atom. The topological polar surface area (TPSA) is 20.2 Å². The van der Waals surface area contributed by atoms with Gasteiger partial charge in [-0.05, 0) is 65.7 Å². The molecule has 126 valence electrons. The van der Waals surface area contributed by atoms with E-state index in [1.54, 1.807) is 0 Å². The van der Waals surface area contributed by atoms with E-state index >= 15 is 0 Å². The van der Waals surface area contributed by atoms with Gasteiger partial charge in [-0.2, -0.15) is 0 Å². The lowest BCUT2D eigenvalue weighted by atomic mass is 9.69. The lowest BCUT2D eigenvalue weighted by molar-refractivity contribution is -0.0638. The Kier molecular flexibility index (Phi) is 3.49. The summed E-state index contributed by atoms with van der Waals surface area (Å²) in [5, 5.41) is 14.8. The number of benzene rings is 2. The highest BCUT2D eigenvalue weighted by Crippen LogP contribution is 2.63. The lowest BCUT2D eigenvalue weighted by Crippen LogP contribution is -2.40. The SMILES string of the molecule is OC1(c2cccc3ccccc23)[C@@H]2CCCC[C@H]2[C@H]2CCCC[C@@H]21. The van der Waals surface area contributed by atoms with Gasteiger partial charge >= 0.3 is 0 Å². The zero-order valence-electron chi connectivity index (χ0n) is 14.5. The Morgan fingerprint density at radius 2 is 1.29 bits per heavy atom. The lowest BCUT2D eigenvalue weighted by Gasteiger charge is -2.40. The molecule has 0 heterocycles. The van der Waals surface area contributed by atoms with Crippen LogP contribution in [-0.4, -0.2) is 5.11 Å². The van der Waals surface area contributed by atoms with Crippen LogP contribution in [0.5, 0.6) is 0 Å². The summed E-state index contributed by atoms with van der Waals surface area (Å²) in [4.78, 5) is 0. The van der Waals surface area contributed by atoms with Gasteiger partial charge in [-0.15, -0.1) is 0 Å². The molecule has 0 aromatic heterocycles. The summed E-state index contributed by atoms with van der Waals surface area (Å²) in [6, 6.07) is 15.2. The number of hydrogen-bond donors (Lipinski definition) is 1.